The van der Waals surface area contributed by atoms with E-state index in [4.69, 9.17) is 9.47 Å². The maximum Gasteiger partial charge on any atom is 0.168 e. The molecule has 3 heteroatoms. The lowest BCUT2D eigenvalue weighted by atomic mass is 9.45. The highest BCUT2D eigenvalue weighted by Gasteiger charge is 2.61. The minimum Gasteiger partial charge on any atom is -0.393 e. The number of aliphatic hydroxyl groups excluding tert-OH is 1. The van der Waals surface area contributed by atoms with Crippen LogP contribution >= 0.6 is 0 Å². The van der Waals surface area contributed by atoms with Crippen LogP contribution < -0.4 is 0 Å². The second-order valence-corrected chi connectivity index (χ2v) is 10.1. The van der Waals surface area contributed by atoms with Gasteiger partial charge in [0.25, 0.3) is 0 Å². The molecule has 4 saturated carbocycles. The largest absolute Gasteiger partial charge is 0.393 e. The Hall–Kier alpha value is -0.120. The number of fused-ring (bicyclic) bond motifs is 5. The molecule has 5 rings (SSSR count). The first-order valence-corrected chi connectivity index (χ1v) is 10.4. The van der Waals surface area contributed by atoms with Crippen molar-refractivity contribution in [1.82, 2.24) is 0 Å². The Morgan fingerprint density at radius 3 is 2.33 bits per heavy atom. The van der Waals surface area contributed by atoms with Crippen molar-refractivity contribution in [3.8, 4) is 0 Å². The van der Waals surface area contributed by atoms with Crippen molar-refractivity contribution in [1.29, 1.82) is 0 Å². The topological polar surface area (TPSA) is 38.7 Å². The zero-order valence-corrected chi connectivity index (χ0v) is 15.4. The number of rotatable bonds is 0. The summed E-state index contributed by atoms with van der Waals surface area (Å²) in [6.07, 6.45) is 11.0. The highest BCUT2D eigenvalue weighted by Crippen LogP contribution is 2.67. The first kappa shape index (κ1) is 16.1. The van der Waals surface area contributed by atoms with Gasteiger partial charge in [0.15, 0.2) is 5.79 Å². The number of hydrogen-bond acceptors (Lipinski definition) is 3. The fourth-order valence-corrected chi connectivity index (χ4v) is 7.93. The molecule has 24 heavy (non-hydrogen) atoms. The van der Waals surface area contributed by atoms with Gasteiger partial charge >= 0.3 is 0 Å². The zero-order valence-electron chi connectivity index (χ0n) is 15.4. The first-order chi connectivity index (χ1) is 11.5. The molecule has 3 nitrogen and oxygen atoms in total. The molecule has 0 radical (unpaired) electrons. The van der Waals surface area contributed by atoms with E-state index >= 15 is 0 Å². The van der Waals surface area contributed by atoms with Crippen LogP contribution in [0.2, 0.25) is 0 Å². The SMILES string of the molecule is C[C@]12CCC3(C[C@@H]1CC[C@H]1[C@H]4CC[C@H](O)[C@]4(C)CC[C@@H]12)OCCO3. The lowest BCUT2D eigenvalue weighted by molar-refractivity contribution is -0.230. The summed E-state index contributed by atoms with van der Waals surface area (Å²) in [5.41, 5.74) is 0.677. The lowest BCUT2D eigenvalue weighted by Crippen LogP contribution is -2.56. The molecule has 0 amide bonds. The van der Waals surface area contributed by atoms with E-state index in [-0.39, 0.29) is 17.3 Å². The van der Waals surface area contributed by atoms with Crippen LogP contribution in [-0.2, 0) is 9.47 Å². The van der Waals surface area contributed by atoms with Gasteiger partial charge in [-0.25, -0.2) is 0 Å². The molecule has 0 aromatic rings. The molecule has 0 bridgehead atoms. The third kappa shape index (κ3) is 2.01. The van der Waals surface area contributed by atoms with Gasteiger partial charge in [0.1, 0.15) is 0 Å². The van der Waals surface area contributed by atoms with Crippen LogP contribution in [0.1, 0.15) is 71.6 Å². The van der Waals surface area contributed by atoms with Crippen LogP contribution in [-0.4, -0.2) is 30.2 Å². The molecular weight excluding hydrogens is 300 g/mol. The molecule has 7 atom stereocenters. The average molecular weight is 335 g/mol. The molecule has 0 aromatic heterocycles. The van der Waals surface area contributed by atoms with Crippen LogP contribution in [0.5, 0.6) is 0 Å². The molecule has 4 aliphatic carbocycles. The van der Waals surface area contributed by atoms with Crippen LogP contribution in [0, 0.1) is 34.5 Å². The smallest absolute Gasteiger partial charge is 0.168 e. The average Bonchev–Trinajstić information content (AvgIpc) is 3.14. The van der Waals surface area contributed by atoms with Crippen LogP contribution in [0.25, 0.3) is 0 Å². The normalized spacial score (nSPS) is 55.9. The second kappa shape index (κ2) is 5.20. The highest BCUT2D eigenvalue weighted by molar-refractivity contribution is 5.10. The molecule has 5 fully saturated rings. The fourth-order valence-electron chi connectivity index (χ4n) is 7.93. The minimum absolute atomic E-state index is 0.0520. The van der Waals surface area contributed by atoms with Crippen molar-refractivity contribution in [2.45, 2.75) is 83.5 Å². The summed E-state index contributed by atoms with van der Waals surface area (Å²) in [7, 11) is 0. The van der Waals surface area contributed by atoms with Crippen molar-refractivity contribution >= 4 is 0 Å². The molecule has 0 aromatic carbocycles. The molecule has 1 heterocycles. The number of hydrogen-bond donors (Lipinski definition) is 1. The van der Waals surface area contributed by atoms with E-state index in [1.54, 1.807) is 0 Å². The predicted octanol–water partition coefficient (Wildman–Crippen LogP) is 4.13. The highest BCUT2D eigenvalue weighted by atomic mass is 16.7. The van der Waals surface area contributed by atoms with Gasteiger partial charge in [0.2, 0.25) is 0 Å². The van der Waals surface area contributed by atoms with Gasteiger partial charge in [0.05, 0.1) is 19.3 Å². The fraction of sp³-hybridized carbons (Fsp3) is 1.00. The van der Waals surface area contributed by atoms with Crippen molar-refractivity contribution in [3.05, 3.63) is 0 Å². The van der Waals surface area contributed by atoms with Gasteiger partial charge in [-0.05, 0) is 79.4 Å². The summed E-state index contributed by atoms with van der Waals surface area (Å²) in [5, 5.41) is 10.6. The summed E-state index contributed by atoms with van der Waals surface area (Å²) in [6, 6.07) is 0. The summed E-state index contributed by atoms with van der Waals surface area (Å²) in [4.78, 5) is 0. The molecule has 1 spiro atoms. The Balaban J connectivity index is 1.41. The van der Waals surface area contributed by atoms with Gasteiger partial charge in [-0.15, -0.1) is 0 Å². The van der Waals surface area contributed by atoms with Gasteiger partial charge in [-0.2, -0.15) is 0 Å². The van der Waals surface area contributed by atoms with Crippen molar-refractivity contribution in [2.24, 2.45) is 34.5 Å². The van der Waals surface area contributed by atoms with Crippen LogP contribution in [0.4, 0.5) is 0 Å². The Kier molecular flexibility index (Phi) is 3.49. The maximum atomic E-state index is 10.6. The van der Waals surface area contributed by atoms with Gasteiger partial charge < -0.3 is 14.6 Å². The molecule has 1 N–H and O–H groups in total. The van der Waals surface area contributed by atoms with Crippen molar-refractivity contribution in [2.75, 3.05) is 13.2 Å². The summed E-state index contributed by atoms with van der Waals surface area (Å²) >= 11 is 0. The van der Waals surface area contributed by atoms with Crippen molar-refractivity contribution < 1.29 is 14.6 Å². The van der Waals surface area contributed by atoms with E-state index in [0.29, 0.717) is 5.41 Å². The van der Waals surface area contributed by atoms with E-state index in [9.17, 15) is 5.11 Å². The first-order valence-electron chi connectivity index (χ1n) is 10.4. The molecule has 0 unspecified atom stereocenters. The number of ether oxygens (including phenoxy) is 2. The van der Waals surface area contributed by atoms with Crippen LogP contribution in [0.3, 0.4) is 0 Å². The van der Waals surface area contributed by atoms with E-state index in [1.807, 2.05) is 0 Å². The quantitative estimate of drug-likeness (QED) is 0.724. The summed E-state index contributed by atoms with van der Waals surface area (Å²) in [5.74, 6) is 3.00. The Bertz CT molecular complexity index is 513. The van der Waals surface area contributed by atoms with Gasteiger partial charge in [0, 0.05) is 12.8 Å². The van der Waals surface area contributed by atoms with E-state index in [0.717, 1.165) is 56.1 Å². The lowest BCUT2D eigenvalue weighted by Gasteiger charge is -2.61. The maximum absolute atomic E-state index is 10.6. The van der Waals surface area contributed by atoms with E-state index in [1.165, 1.54) is 38.5 Å². The van der Waals surface area contributed by atoms with Crippen molar-refractivity contribution in [3.63, 3.8) is 0 Å². The van der Waals surface area contributed by atoms with E-state index < -0.39 is 0 Å². The summed E-state index contributed by atoms with van der Waals surface area (Å²) in [6.45, 7) is 6.54. The van der Waals surface area contributed by atoms with Gasteiger partial charge in [-0.1, -0.05) is 13.8 Å². The minimum atomic E-state index is -0.232. The monoisotopic (exact) mass is 334 g/mol. The molecule has 1 saturated heterocycles. The Morgan fingerprint density at radius 1 is 0.792 bits per heavy atom. The predicted molar refractivity (Wildman–Crippen MR) is 92.4 cm³/mol. The zero-order chi connectivity index (χ0) is 16.6. The third-order valence-electron chi connectivity index (χ3n) is 9.43. The molecule has 136 valence electrons. The third-order valence-corrected chi connectivity index (χ3v) is 9.43. The van der Waals surface area contributed by atoms with Crippen LogP contribution in [0.15, 0.2) is 0 Å². The Labute approximate surface area is 146 Å². The molecule has 1 aliphatic heterocycles. The summed E-state index contributed by atoms with van der Waals surface area (Å²) < 4.78 is 12.1. The Morgan fingerprint density at radius 2 is 1.54 bits per heavy atom. The molecular formula is C21H34O3. The molecule has 5 aliphatic rings. The standard InChI is InChI=1S/C21H34O3/c1-19-9-10-21(23-11-12-24-21)13-14(19)3-4-15-16-5-6-18(22)20(16,2)8-7-17(15)19/h14-18,22H,3-13H2,1-2H3/t14-,15-,16+,17-,18-,19-,20+/m0/s1. The number of aliphatic hydroxyl groups is 1. The van der Waals surface area contributed by atoms with E-state index in [2.05, 4.69) is 13.8 Å². The van der Waals surface area contributed by atoms with Gasteiger partial charge in [-0.3, -0.25) is 0 Å². The second-order valence-electron chi connectivity index (χ2n) is 10.1.